The van der Waals surface area contributed by atoms with Gasteiger partial charge in [0.25, 0.3) is 0 Å². The number of hydrogen-bond acceptors (Lipinski definition) is 6. The summed E-state index contributed by atoms with van der Waals surface area (Å²) in [6.45, 7) is 21.4. The zero-order chi connectivity index (χ0) is 37.3. The molecule has 4 saturated carbocycles. The number of imidazole rings is 2. The lowest BCUT2D eigenvalue weighted by Gasteiger charge is -2.63. The molecule has 3 aliphatic heterocycles. The van der Waals surface area contributed by atoms with Crippen LogP contribution >= 0.6 is 22.7 Å². The number of rotatable bonds is 1. The molecule has 0 amide bonds. The van der Waals surface area contributed by atoms with Crippen molar-refractivity contribution in [3.05, 3.63) is 105 Å². The van der Waals surface area contributed by atoms with E-state index in [4.69, 9.17) is 9.97 Å². The monoisotopic (exact) mass is 754 g/mol. The molecule has 3 unspecified atom stereocenters. The van der Waals surface area contributed by atoms with E-state index in [1.807, 2.05) is 0 Å². The molecule has 4 fully saturated rings. The highest BCUT2D eigenvalue weighted by Gasteiger charge is 2.67. The Morgan fingerprint density at radius 2 is 1.20 bits per heavy atom. The van der Waals surface area contributed by atoms with E-state index in [0.717, 1.165) is 28.6 Å². The van der Waals surface area contributed by atoms with Crippen molar-refractivity contribution in [3.63, 3.8) is 0 Å². The molecule has 1 spiro atoms. The van der Waals surface area contributed by atoms with Crippen LogP contribution in [-0.2, 0) is 16.5 Å². The molecule has 0 saturated heterocycles. The maximum atomic E-state index is 5.19. The fraction of sp³-hybridized carbons (Fsp3) is 0.522. The third kappa shape index (κ3) is 3.79. The van der Waals surface area contributed by atoms with Crippen molar-refractivity contribution in [2.24, 2.45) is 29.1 Å². The topological polar surface area (TPSA) is 41.1 Å². The Kier molecular flexibility index (Phi) is 6.75. The Balaban J connectivity index is 0.000000127. The zero-order valence-electron chi connectivity index (χ0n) is 33.4. The molecule has 0 radical (unpaired) electrons. The van der Waals surface area contributed by atoms with E-state index in [-0.39, 0.29) is 27.9 Å². The molecule has 7 heterocycles. The van der Waals surface area contributed by atoms with Gasteiger partial charge in [-0.1, -0.05) is 64.1 Å². The van der Waals surface area contributed by atoms with Gasteiger partial charge >= 0.3 is 0 Å². The minimum atomic E-state index is -0.120. The molecular formula is C46H54N6S2. The van der Waals surface area contributed by atoms with Crippen molar-refractivity contribution in [1.82, 2.24) is 18.8 Å². The number of nitrogens with zero attached hydrogens (tertiary/aromatic N) is 6. The van der Waals surface area contributed by atoms with Crippen LogP contribution in [0.2, 0.25) is 0 Å². The van der Waals surface area contributed by atoms with E-state index < -0.39 is 0 Å². The van der Waals surface area contributed by atoms with Gasteiger partial charge in [0.1, 0.15) is 0 Å². The van der Waals surface area contributed by atoms with E-state index >= 15 is 0 Å². The molecule has 4 bridgehead atoms. The Hall–Kier alpha value is -3.62. The van der Waals surface area contributed by atoms with E-state index in [2.05, 4.69) is 147 Å². The Morgan fingerprint density at radius 3 is 1.83 bits per heavy atom. The van der Waals surface area contributed by atoms with Crippen LogP contribution in [0.4, 0.5) is 11.4 Å². The number of aromatic nitrogens is 4. The molecule has 8 heteroatoms. The third-order valence-electron chi connectivity index (χ3n) is 16.6. The number of fused-ring (bicyclic) bond motifs is 10. The molecule has 7 aliphatic rings. The summed E-state index contributed by atoms with van der Waals surface area (Å²) in [6.07, 6.45) is 11.6. The van der Waals surface area contributed by atoms with Crippen LogP contribution in [0.15, 0.2) is 65.6 Å². The Labute approximate surface area is 328 Å². The van der Waals surface area contributed by atoms with Gasteiger partial charge in [-0.15, -0.1) is 22.7 Å². The maximum Gasteiger partial charge on any atom is 0.194 e. The summed E-state index contributed by atoms with van der Waals surface area (Å²) in [6, 6.07) is 16.5. The standard InChI is InChI=1S/C24H27N3S.C22H27N3S/c1-14-5-3-4-6-20(14)27-15(2)21-22(26-7-8-28-23(26)25-21)24(27)18-10-16-9-17(12-18)13-19(24)11-16;1-13-9-8-10-15-17(13)25-14(2)16-18(24-11-12-26-19(24)23-16)22(25,7)21(5,6)20(15,3)4/h3-8,15-19H,9-13H2,1-2H3;8-12,14H,1-7H3. The summed E-state index contributed by atoms with van der Waals surface area (Å²) >= 11 is 3.53. The van der Waals surface area contributed by atoms with E-state index in [0.29, 0.717) is 6.04 Å². The molecular weight excluding hydrogens is 701 g/mol. The SMILES string of the molecule is Cc1cccc2c1N1C(C)c3nc4sccn4c3C1(C)C(C)(C)C2(C)C.Cc1ccccc1N1C(C)c2nc3sccn3c2C12C1CC3CC(C1)CC2C3. The molecule has 6 aromatic rings. The highest BCUT2D eigenvalue weighted by molar-refractivity contribution is 7.15. The largest absolute Gasteiger partial charge is 0.351 e. The van der Waals surface area contributed by atoms with Crippen molar-refractivity contribution in [2.45, 2.75) is 123 Å². The number of anilines is 2. The number of aryl methyl sites for hydroxylation is 2. The number of thiazole rings is 2. The summed E-state index contributed by atoms with van der Waals surface area (Å²) in [5, 5.41) is 4.37. The predicted octanol–water partition coefficient (Wildman–Crippen LogP) is 11.8. The Morgan fingerprint density at radius 1 is 0.648 bits per heavy atom. The number of benzene rings is 2. The quantitative estimate of drug-likeness (QED) is 0.168. The first-order chi connectivity index (χ1) is 25.8. The second kappa shape index (κ2) is 10.8. The summed E-state index contributed by atoms with van der Waals surface area (Å²) in [7, 11) is 0. The summed E-state index contributed by atoms with van der Waals surface area (Å²) in [5.74, 6) is 3.48. The van der Waals surface area contributed by atoms with Gasteiger partial charge in [-0.25, -0.2) is 9.97 Å². The van der Waals surface area contributed by atoms with Gasteiger partial charge in [-0.2, -0.15) is 0 Å². The van der Waals surface area contributed by atoms with Crippen molar-refractivity contribution in [2.75, 3.05) is 9.80 Å². The van der Waals surface area contributed by atoms with Crippen LogP contribution in [0, 0.1) is 42.9 Å². The molecule has 54 heavy (non-hydrogen) atoms. The molecule has 13 rings (SSSR count). The first kappa shape index (κ1) is 33.7. The fourth-order valence-corrected chi connectivity index (χ4v) is 15.1. The number of para-hydroxylation sites is 2. The lowest BCUT2D eigenvalue weighted by molar-refractivity contribution is -0.0623. The van der Waals surface area contributed by atoms with Crippen LogP contribution < -0.4 is 9.80 Å². The summed E-state index contributed by atoms with van der Waals surface area (Å²) in [4.78, 5) is 18.1. The van der Waals surface area contributed by atoms with Crippen molar-refractivity contribution >= 4 is 44.0 Å². The van der Waals surface area contributed by atoms with Gasteiger partial charge in [0.05, 0.1) is 45.9 Å². The van der Waals surface area contributed by atoms with Crippen LogP contribution in [0.5, 0.6) is 0 Å². The molecule has 280 valence electrons. The van der Waals surface area contributed by atoms with Gasteiger partial charge < -0.3 is 9.80 Å². The van der Waals surface area contributed by atoms with Crippen LogP contribution in [0.25, 0.3) is 9.92 Å². The highest BCUT2D eigenvalue weighted by atomic mass is 32.1. The highest BCUT2D eigenvalue weighted by Crippen LogP contribution is 2.70. The predicted molar refractivity (Wildman–Crippen MR) is 223 cm³/mol. The first-order valence-electron chi connectivity index (χ1n) is 20.5. The normalized spacial score (nSPS) is 33.3. The van der Waals surface area contributed by atoms with E-state index in [1.54, 1.807) is 28.4 Å². The van der Waals surface area contributed by atoms with Gasteiger partial charge in [-0.3, -0.25) is 8.80 Å². The smallest absolute Gasteiger partial charge is 0.194 e. The maximum absolute atomic E-state index is 5.19. The number of hydrogen-bond donors (Lipinski definition) is 0. The van der Waals surface area contributed by atoms with Crippen molar-refractivity contribution < 1.29 is 0 Å². The van der Waals surface area contributed by atoms with Gasteiger partial charge in [0.15, 0.2) is 9.92 Å². The molecule has 4 aliphatic carbocycles. The van der Waals surface area contributed by atoms with E-state index in [9.17, 15) is 0 Å². The van der Waals surface area contributed by atoms with Gasteiger partial charge in [-0.05, 0) is 119 Å². The molecule has 3 atom stereocenters. The summed E-state index contributed by atoms with van der Waals surface area (Å²) < 4.78 is 4.81. The minimum absolute atomic E-state index is 0.0260. The van der Waals surface area contributed by atoms with Gasteiger partial charge in [0.2, 0.25) is 0 Å². The van der Waals surface area contributed by atoms with Crippen molar-refractivity contribution in [3.8, 4) is 0 Å². The lowest BCUT2D eigenvalue weighted by atomic mass is 9.47. The lowest BCUT2D eigenvalue weighted by Crippen LogP contribution is -2.62. The van der Waals surface area contributed by atoms with Gasteiger partial charge in [0, 0.05) is 39.9 Å². The second-order valence-corrected chi connectivity index (χ2v) is 20.8. The summed E-state index contributed by atoms with van der Waals surface area (Å²) in [5.41, 5.74) is 12.7. The average Bonchev–Trinajstić information content (AvgIpc) is 3.96. The average molecular weight is 755 g/mol. The van der Waals surface area contributed by atoms with Crippen molar-refractivity contribution in [1.29, 1.82) is 0 Å². The van der Waals surface area contributed by atoms with E-state index in [1.165, 1.54) is 82.2 Å². The zero-order valence-corrected chi connectivity index (χ0v) is 35.0. The molecule has 4 aromatic heterocycles. The molecule has 6 nitrogen and oxygen atoms in total. The minimum Gasteiger partial charge on any atom is -0.351 e. The first-order valence-corrected chi connectivity index (χ1v) is 22.2. The van der Waals surface area contributed by atoms with Crippen LogP contribution in [0.3, 0.4) is 0 Å². The van der Waals surface area contributed by atoms with Crippen LogP contribution in [0.1, 0.15) is 132 Å². The fourth-order valence-electron chi connectivity index (χ4n) is 13.6. The third-order valence-corrected chi connectivity index (χ3v) is 18.1. The second-order valence-electron chi connectivity index (χ2n) is 19.1. The Bertz CT molecular complexity index is 2460. The molecule has 0 N–H and O–H groups in total. The van der Waals surface area contributed by atoms with Crippen LogP contribution in [-0.4, -0.2) is 18.8 Å². The molecule has 2 aromatic carbocycles.